The lowest BCUT2D eigenvalue weighted by Gasteiger charge is -2.48. The summed E-state index contributed by atoms with van der Waals surface area (Å²) in [6, 6.07) is 3.56. The van der Waals surface area contributed by atoms with E-state index in [1.54, 1.807) is 0 Å². The predicted molar refractivity (Wildman–Crippen MR) is 121 cm³/mol. The molecule has 0 heterocycles. The van der Waals surface area contributed by atoms with Gasteiger partial charge in [0.15, 0.2) is 8.32 Å². The van der Waals surface area contributed by atoms with Crippen LogP contribution in [0.15, 0.2) is 0 Å². The number of fused-ring (bicyclic) bond motifs is 1. The van der Waals surface area contributed by atoms with Crippen LogP contribution in [0, 0.1) is 17.3 Å². The molecule has 2 saturated carbocycles. The monoisotopic (exact) mass is 412 g/mol. The quantitative estimate of drug-likeness (QED) is 0.415. The van der Waals surface area contributed by atoms with E-state index in [0.717, 1.165) is 51.4 Å². The van der Waals surface area contributed by atoms with Crippen LogP contribution in [0.3, 0.4) is 0 Å². The summed E-state index contributed by atoms with van der Waals surface area (Å²) in [5.74, 6) is 0.683. The molecule has 0 aromatic carbocycles. The van der Waals surface area contributed by atoms with Gasteiger partial charge in [-0.05, 0) is 101 Å². The Kier molecular flexibility index (Phi) is 7.90. The Balaban J connectivity index is 1.96. The van der Waals surface area contributed by atoms with Gasteiger partial charge in [-0.15, -0.1) is 0 Å². The molecule has 2 aliphatic rings. The minimum Gasteiger partial charge on any atom is -0.412 e. The highest BCUT2D eigenvalue weighted by atomic mass is 28.4. The van der Waals surface area contributed by atoms with E-state index in [4.69, 9.17) is 4.43 Å². The van der Waals surface area contributed by atoms with Gasteiger partial charge in [0.2, 0.25) is 0 Å². The van der Waals surface area contributed by atoms with Gasteiger partial charge < -0.3 is 14.6 Å². The molecule has 0 spiro atoms. The first kappa shape index (κ1) is 24.4. The van der Waals surface area contributed by atoms with E-state index in [-0.39, 0.29) is 17.1 Å². The second-order valence-electron chi connectivity index (χ2n) is 11.0. The van der Waals surface area contributed by atoms with Crippen LogP contribution in [0.1, 0.15) is 99.8 Å². The number of rotatable bonds is 10. The molecular weight excluding hydrogens is 364 g/mol. The predicted octanol–water partition coefficient (Wildman–Crippen LogP) is 6.29. The summed E-state index contributed by atoms with van der Waals surface area (Å²) >= 11 is 0. The highest BCUT2D eigenvalue weighted by molar-refractivity contribution is 6.73. The average molecular weight is 413 g/mol. The second-order valence-corrected chi connectivity index (χ2v) is 15.7. The molecular formula is C24H48O3Si. The van der Waals surface area contributed by atoms with Gasteiger partial charge >= 0.3 is 0 Å². The van der Waals surface area contributed by atoms with Crippen LogP contribution < -0.4 is 0 Å². The first-order valence-corrected chi connectivity index (χ1v) is 14.6. The fraction of sp³-hybridized carbons (Fsp3) is 1.00. The van der Waals surface area contributed by atoms with Crippen molar-refractivity contribution < 1.29 is 14.6 Å². The van der Waals surface area contributed by atoms with E-state index in [9.17, 15) is 10.2 Å². The number of aliphatic hydroxyl groups excluding tert-OH is 1. The summed E-state index contributed by atoms with van der Waals surface area (Å²) in [6.45, 7) is 15.7. The molecule has 2 aliphatic carbocycles. The van der Waals surface area contributed by atoms with Crippen LogP contribution >= 0.6 is 0 Å². The molecule has 2 N–H and O–H groups in total. The highest BCUT2D eigenvalue weighted by Crippen LogP contribution is 2.59. The smallest absolute Gasteiger partial charge is 0.192 e. The van der Waals surface area contributed by atoms with Crippen LogP contribution in [0.5, 0.6) is 0 Å². The summed E-state index contributed by atoms with van der Waals surface area (Å²) in [6.07, 6.45) is 8.01. The van der Waals surface area contributed by atoms with Crippen molar-refractivity contribution in [2.75, 3.05) is 0 Å². The van der Waals surface area contributed by atoms with E-state index in [1.807, 2.05) is 0 Å². The van der Waals surface area contributed by atoms with Crippen LogP contribution in [0.2, 0.25) is 18.1 Å². The Morgan fingerprint density at radius 3 is 2.18 bits per heavy atom. The lowest BCUT2D eigenvalue weighted by molar-refractivity contribution is -0.0948. The highest BCUT2D eigenvalue weighted by Gasteiger charge is 2.56. The molecule has 28 heavy (non-hydrogen) atoms. The normalized spacial score (nSPS) is 33.5. The maximum absolute atomic E-state index is 11.5. The standard InChI is InChI=1S/C24H48O3Si/c1-8-28(9-2,10-3)27-22(4,5)16-12-18-24(7,26)21-15-14-19-20(25)13-11-17-23(19,21)6/h19-21,25-26H,8-18H2,1-7H3/t19-,20-,21-,23-,24-/m0/s1. The third-order valence-electron chi connectivity index (χ3n) is 8.73. The van der Waals surface area contributed by atoms with Crippen molar-refractivity contribution >= 4 is 8.32 Å². The van der Waals surface area contributed by atoms with Crippen LogP contribution in [-0.2, 0) is 4.43 Å². The minimum atomic E-state index is -1.61. The fourth-order valence-electron chi connectivity index (χ4n) is 6.82. The zero-order valence-corrected chi connectivity index (χ0v) is 20.8. The lowest BCUT2D eigenvalue weighted by atomic mass is 9.60. The fourth-order valence-corrected chi connectivity index (χ4v) is 10.0. The molecule has 0 aromatic heterocycles. The third kappa shape index (κ3) is 5.04. The molecule has 0 radical (unpaired) electrons. The second kappa shape index (κ2) is 9.07. The van der Waals surface area contributed by atoms with E-state index < -0.39 is 13.9 Å². The molecule has 4 heteroatoms. The van der Waals surface area contributed by atoms with Gasteiger partial charge in [0.25, 0.3) is 0 Å². The summed E-state index contributed by atoms with van der Waals surface area (Å²) in [5, 5.41) is 22.0. The van der Waals surface area contributed by atoms with Crippen LogP contribution in [0.4, 0.5) is 0 Å². The van der Waals surface area contributed by atoms with E-state index in [2.05, 4.69) is 48.5 Å². The van der Waals surface area contributed by atoms with E-state index in [1.165, 1.54) is 18.1 Å². The molecule has 5 atom stereocenters. The van der Waals surface area contributed by atoms with Crippen molar-refractivity contribution in [2.45, 2.75) is 135 Å². The molecule has 0 amide bonds. The van der Waals surface area contributed by atoms with Gasteiger partial charge in [-0.25, -0.2) is 0 Å². The molecule has 0 unspecified atom stereocenters. The molecule has 166 valence electrons. The van der Waals surface area contributed by atoms with Gasteiger partial charge in [0.05, 0.1) is 17.3 Å². The van der Waals surface area contributed by atoms with Gasteiger partial charge in [-0.2, -0.15) is 0 Å². The Bertz CT molecular complexity index is 492. The van der Waals surface area contributed by atoms with Gasteiger partial charge in [0, 0.05) is 0 Å². The Labute approximate surface area is 175 Å². The van der Waals surface area contributed by atoms with E-state index in [0.29, 0.717) is 11.8 Å². The average Bonchev–Trinajstić information content (AvgIpc) is 2.99. The van der Waals surface area contributed by atoms with Gasteiger partial charge in [-0.1, -0.05) is 34.1 Å². The van der Waals surface area contributed by atoms with Crippen LogP contribution in [-0.4, -0.2) is 35.8 Å². The lowest BCUT2D eigenvalue weighted by Crippen LogP contribution is -2.48. The topological polar surface area (TPSA) is 49.7 Å². The van der Waals surface area contributed by atoms with Gasteiger partial charge in [0.1, 0.15) is 0 Å². The van der Waals surface area contributed by atoms with E-state index >= 15 is 0 Å². The maximum atomic E-state index is 11.5. The maximum Gasteiger partial charge on any atom is 0.192 e. The van der Waals surface area contributed by atoms with Crippen molar-refractivity contribution in [2.24, 2.45) is 17.3 Å². The molecule has 2 fully saturated rings. The van der Waals surface area contributed by atoms with Crippen molar-refractivity contribution in [3.8, 4) is 0 Å². The van der Waals surface area contributed by atoms with Crippen molar-refractivity contribution in [3.63, 3.8) is 0 Å². The SMILES string of the molecule is CC[Si](CC)(CC)OC(C)(C)CCC[C@](C)(O)[C@H]1CC[C@H]2[C@@H](O)CCC[C@@]21C. The summed E-state index contributed by atoms with van der Waals surface area (Å²) in [7, 11) is -1.61. The summed E-state index contributed by atoms with van der Waals surface area (Å²) in [5.41, 5.74) is -0.652. The van der Waals surface area contributed by atoms with Crippen molar-refractivity contribution in [1.82, 2.24) is 0 Å². The molecule has 3 nitrogen and oxygen atoms in total. The zero-order chi connectivity index (χ0) is 21.2. The molecule has 0 aliphatic heterocycles. The zero-order valence-electron chi connectivity index (χ0n) is 19.8. The van der Waals surface area contributed by atoms with Crippen LogP contribution in [0.25, 0.3) is 0 Å². The van der Waals surface area contributed by atoms with Gasteiger partial charge in [-0.3, -0.25) is 0 Å². The largest absolute Gasteiger partial charge is 0.412 e. The number of hydrogen-bond acceptors (Lipinski definition) is 3. The summed E-state index contributed by atoms with van der Waals surface area (Å²) < 4.78 is 6.76. The first-order valence-electron chi connectivity index (χ1n) is 12.1. The Morgan fingerprint density at radius 1 is 1.00 bits per heavy atom. The molecule has 0 aromatic rings. The third-order valence-corrected chi connectivity index (χ3v) is 13.6. The number of aliphatic hydroxyl groups is 2. The number of hydrogen-bond donors (Lipinski definition) is 2. The Hall–Kier alpha value is 0.0969. The molecule has 0 saturated heterocycles. The molecule has 0 bridgehead atoms. The Morgan fingerprint density at radius 2 is 1.61 bits per heavy atom. The summed E-state index contributed by atoms with van der Waals surface area (Å²) in [4.78, 5) is 0. The van der Waals surface area contributed by atoms with Crippen molar-refractivity contribution in [1.29, 1.82) is 0 Å². The minimum absolute atomic E-state index is 0.0991. The molecule has 2 rings (SSSR count). The van der Waals surface area contributed by atoms with Crippen molar-refractivity contribution in [3.05, 3.63) is 0 Å². The first-order chi connectivity index (χ1) is 13.0.